The highest BCUT2D eigenvalue weighted by Crippen LogP contribution is 2.27. The van der Waals surface area contributed by atoms with Crippen LogP contribution in [-0.2, 0) is 29.0 Å². The van der Waals surface area contributed by atoms with Crippen LogP contribution in [0, 0.1) is 13.8 Å². The summed E-state index contributed by atoms with van der Waals surface area (Å²) in [4.78, 5) is 27.4. The summed E-state index contributed by atoms with van der Waals surface area (Å²) in [6.07, 6.45) is 5.75. The van der Waals surface area contributed by atoms with Gasteiger partial charge >= 0.3 is 0 Å². The average molecular weight is 493 g/mol. The van der Waals surface area contributed by atoms with Crippen molar-refractivity contribution in [3.63, 3.8) is 0 Å². The van der Waals surface area contributed by atoms with Gasteiger partial charge in [0.25, 0.3) is 5.56 Å². The molecule has 2 heterocycles. The zero-order valence-corrected chi connectivity index (χ0v) is 21.4. The number of benzene rings is 1. The fourth-order valence-electron chi connectivity index (χ4n) is 4.45. The van der Waals surface area contributed by atoms with Crippen LogP contribution < -0.4 is 5.56 Å². The lowest BCUT2D eigenvalue weighted by Crippen LogP contribution is -2.29. The van der Waals surface area contributed by atoms with Crippen LogP contribution in [0.15, 0.2) is 62.5 Å². The van der Waals surface area contributed by atoms with Crippen molar-refractivity contribution in [2.75, 3.05) is 13.7 Å². The summed E-state index contributed by atoms with van der Waals surface area (Å²) in [5.41, 5.74) is 4.81. The maximum absolute atomic E-state index is 15.3. The number of aromatic nitrogens is 2. The molecule has 4 rings (SSSR count). The number of halogens is 1. The Balaban J connectivity index is 1.61. The molecular weight excluding hydrogens is 459 g/mol. The molecule has 0 spiro atoms. The van der Waals surface area contributed by atoms with E-state index in [0.29, 0.717) is 48.7 Å². The Morgan fingerprint density at radius 1 is 1.22 bits per heavy atom. The van der Waals surface area contributed by atoms with Gasteiger partial charge in [-0.25, -0.2) is 9.37 Å². The van der Waals surface area contributed by atoms with Gasteiger partial charge in [0.1, 0.15) is 12.0 Å². The molecule has 7 nitrogen and oxygen atoms in total. The van der Waals surface area contributed by atoms with Gasteiger partial charge in [0.15, 0.2) is 6.61 Å². The molecule has 2 aliphatic rings. The van der Waals surface area contributed by atoms with Gasteiger partial charge in [0.2, 0.25) is 11.7 Å². The first-order valence-corrected chi connectivity index (χ1v) is 12.4. The summed E-state index contributed by atoms with van der Waals surface area (Å²) < 4.78 is 22.3. The number of methoxy groups -OCH3 is 1. The minimum atomic E-state index is -1.08. The van der Waals surface area contributed by atoms with Gasteiger partial charge in [-0.1, -0.05) is 54.1 Å². The second-order valence-electron chi connectivity index (χ2n) is 9.18. The summed E-state index contributed by atoms with van der Waals surface area (Å²) in [5.74, 6) is 1.65. The molecule has 0 N–H and O–H groups in total. The van der Waals surface area contributed by atoms with Gasteiger partial charge in [-0.2, -0.15) is 4.99 Å². The normalized spacial score (nSPS) is 17.9. The van der Waals surface area contributed by atoms with Crippen LogP contribution in [0.1, 0.15) is 54.4 Å². The van der Waals surface area contributed by atoms with Crippen LogP contribution in [0.25, 0.3) is 0 Å². The van der Waals surface area contributed by atoms with Crippen LogP contribution in [0.3, 0.4) is 0 Å². The van der Waals surface area contributed by atoms with Crippen molar-refractivity contribution in [2.45, 2.75) is 65.6 Å². The molecule has 1 unspecified atom stereocenters. The van der Waals surface area contributed by atoms with Crippen LogP contribution >= 0.6 is 0 Å². The van der Waals surface area contributed by atoms with E-state index in [1.54, 1.807) is 4.57 Å². The zero-order chi connectivity index (χ0) is 25.7. The van der Waals surface area contributed by atoms with Crippen molar-refractivity contribution in [3.05, 3.63) is 86.1 Å². The first-order chi connectivity index (χ1) is 17.4. The number of nitrogens with zero attached hydrogens (tertiary/aromatic N) is 4. The molecule has 0 saturated carbocycles. The minimum Gasteiger partial charge on any atom is -0.481 e. The molecule has 1 aliphatic carbocycles. The molecule has 190 valence electrons. The van der Waals surface area contributed by atoms with E-state index in [9.17, 15) is 4.79 Å². The lowest BCUT2D eigenvalue weighted by Gasteiger charge is -2.16. The second kappa shape index (κ2) is 11.5. The van der Waals surface area contributed by atoms with Gasteiger partial charge in [-0.05, 0) is 50.7 Å². The third-order valence-corrected chi connectivity index (χ3v) is 6.66. The van der Waals surface area contributed by atoms with Crippen molar-refractivity contribution in [1.29, 1.82) is 0 Å². The van der Waals surface area contributed by atoms with Crippen LogP contribution in [0.4, 0.5) is 4.39 Å². The number of oxime groups is 1. The molecule has 0 fully saturated rings. The van der Waals surface area contributed by atoms with E-state index in [1.807, 2.05) is 50.3 Å². The Kier molecular flexibility index (Phi) is 8.13. The number of hydrogen-bond donors (Lipinski definition) is 0. The van der Waals surface area contributed by atoms with Gasteiger partial charge in [0.05, 0.1) is 7.11 Å². The number of amidine groups is 1. The standard InChI is InChI=1S/C28H33FN4O3/c1-5-8-25-30-19(3)18(2)28(34)33(25)16-20-11-13-22(24(29)14-12-20)15-21-9-6-7-10-23(21)27-31-26(35-4)17-36-32-27/h6-7,9-11,13,24H,5,8,12,14-17H2,1-4H3. The third kappa shape index (κ3) is 5.64. The van der Waals surface area contributed by atoms with E-state index in [1.165, 1.54) is 7.11 Å². The fourth-order valence-corrected chi connectivity index (χ4v) is 4.45. The largest absolute Gasteiger partial charge is 0.481 e. The molecule has 1 aromatic carbocycles. The van der Waals surface area contributed by atoms with Crippen molar-refractivity contribution < 1.29 is 14.0 Å². The van der Waals surface area contributed by atoms with Crippen molar-refractivity contribution in [1.82, 2.24) is 9.55 Å². The molecule has 1 aliphatic heterocycles. The van der Waals surface area contributed by atoms with E-state index < -0.39 is 6.17 Å². The number of hydrogen-bond acceptors (Lipinski definition) is 6. The molecule has 1 atom stereocenters. The highest BCUT2D eigenvalue weighted by molar-refractivity contribution is 6.07. The molecular formula is C28H33FN4O3. The van der Waals surface area contributed by atoms with E-state index in [2.05, 4.69) is 22.1 Å². The first-order valence-electron chi connectivity index (χ1n) is 12.4. The maximum atomic E-state index is 15.3. The van der Waals surface area contributed by atoms with E-state index in [0.717, 1.165) is 41.1 Å². The molecule has 0 bridgehead atoms. The predicted molar refractivity (Wildman–Crippen MR) is 139 cm³/mol. The molecule has 0 saturated heterocycles. The fraction of sp³-hybridized carbons (Fsp3) is 0.429. The van der Waals surface area contributed by atoms with Gasteiger partial charge in [-0.3, -0.25) is 9.36 Å². The Labute approximate surface area is 211 Å². The molecule has 2 aromatic rings. The quantitative estimate of drug-likeness (QED) is 0.558. The Bertz CT molecular complexity index is 1310. The van der Waals surface area contributed by atoms with Crippen LogP contribution in [0.5, 0.6) is 0 Å². The Morgan fingerprint density at radius 3 is 2.81 bits per heavy atom. The summed E-state index contributed by atoms with van der Waals surface area (Å²) >= 11 is 0. The number of ether oxygens (including phenoxy) is 1. The van der Waals surface area contributed by atoms with Crippen LogP contribution in [0.2, 0.25) is 0 Å². The zero-order valence-electron chi connectivity index (χ0n) is 21.4. The topological polar surface area (TPSA) is 78.1 Å². The lowest BCUT2D eigenvalue weighted by atomic mass is 9.95. The molecule has 0 radical (unpaired) electrons. The number of rotatable bonds is 7. The number of allylic oxidation sites excluding steroid dienone is 4. The van der Waals surface area contributed by atoms with Crippen molar-refractivity contribution in [2.24, 2.45) is 10.1 Å². The SMILES string of the molecule is CCCc1nc(C)c(C)c(=O)n1CC1=CC=C(Cc2ccccc2C2=NOCC(OC)=N2)C(F)CC1. The average Bonchev–Trinajstić information content (AvgIpc) is 3.06. The maximum Gasteiger partial charge on any atom is 0.256 e. The summed E-state index contributed by atoms with van der Waals surface area (Å²) in [6.45, 7) is 6.37. The molecule has 8 heteroatoms. The van der Waals surface area contributed by atoms with Gasteiger partial charge < -0.3 is 9.57 Å². The summed E-state index contributed by atoms with van der Waals surface area (Å²) in [7, 11) is 1.54. The van der Waals surface area contributed by atoms with Crippen molar-refractivity contribution in [3.8, 4) is 0 Å². The van der Waals surface area contributed by atoms with E-state index in [4.69, 9.17) is 9.57 Å². The minimum absolute atomic E-state index is 0.0162. The second-order valence-corrected chi connectivity index (χ2v) is 9.18. The summed E-state index contributed by atoms with van der Waals surface area (Å²) in [6, 6.07) is 7.67. The Hall–Kier alpha value is -3.55. The third-order valence-electron chi connectivity index (χ3n) is 6.66. The van der Waals surface area contributed by atoms with Gasteiger partial charge in [-0.15, -0.1) is 0 Å². The van der Waals surface area contributed by atoms with Crippen molar-refractivity contribution >= 4 is 11.7 Å². The van der Waals surface area contributed by atoms with Gasteiger partial charge in [0, 0.05) is 29.8 Å². The Morgan fingerprint density at radius 2 is 2.03 bits per heavy atom. The first kappa shape index (κ1) is 25.5. The molecule has 0 amide bonds. The number of alkyl halides is 1. The molecule has 1 aromatic heterocycles. The summed E-state index contributed by atoms with van der Waals surface area (Å²) in [5, 5.41) is 4.08. The monoisotopic (exact) mass is 492 g/mol. The van der Waals surface area contributed by atoms with E-state index >= 15 is 4.39 Å². The lowest BCUT2D eigenvalue weighted by molar-refractivity contribution is 0.161. The smallest absolute Gasteiger partial charge is 0.256 e. The van der Waals surface area contributed by atoms with E-state index in [-0.39, 0.29) is 12.2 Å². The number of aryl methyl sites for hydroxylation is 2. The predicted octanol–water partition coefficient (Wildman–Crippen LogP) is 4.78. The molecule has 36 heavy (non-hydrogen) atoms. The van der Waals surface area contributed by atoms with Crippen LogP contribution in [-0.4, -0.2) is 41.2 Å². The number of aliphatic imine (C=N–C) groups is 1. The highest BCUT2D eigenvalue weighted by atomic mass is 19.1. The highest BCUT2D eigenvalue weighted by Gasteiger charge is 2.21.